The third kappa shape index (κ3) is 4.21. The molecule has 2 N–H and O–H groups in total. The second kappa shape index (κ2) is 8.71. The Bertz CT molecular complexity index is 1290. The topological polar surface area (TPSA) is 103 Å². The molecule has 3 aromatic heterocycles. The standard InChI is InChI=1S/C24H23ClN6O2/c1-15(32)30-9-6-16(12-22(30)31-8-3-7-29-31)18-11-20(23(26)27-13-18)24-28-14-21(33-24)17-4-2-5-19(25)10-17/h2-5,7-8,10-11,13-14,16,22H,6,9,12H2,1H3,(H2,26,27). The number of hydrogen-bond donors (Lipinski definition) is 1. The number of benzene rings is 1. The van der Waals surface area contributed by atoms with E-state index in [4.69, 9.17) is 21.8 Å². The van der Waals surface area contributed by atoms with Crippen molar-refractivity contribution >= 4 is 23.3 Å². The third-order valence-corrected chi connectivity index (χ3v) is 6.30. The van der Waals surface area contributed by atoms with Gasteiger partial charge in [0.2, 0.25) is 11.8 Å². The van der Waals surface area contributed by atoms with Crippen molar-refractivity contribution in [2.75, 3.05) is 12.3 Å². The number of likely N-dealkylation sites (tertiary alicyclic amines) is 1. The zero-order valence-corrected chi connectivity index (χ0v) is 18.8. The first-order valence-electron chi connectivity index (χ1n) is 10.7. The Hall–Kier alpha value is -3.65. The first-order chi connectivity index (χ1) is 16.0. The first kappa shape index (κ1) is 21.2. The summed E-state index contributed by atoms with van der Waals surface area (Å²) < 4.78 is 7.84. The summed E-state index contributed by atoms with van der Waals surface area (Å²) in [7, 11) is 0. The van der Waals surface area contributed by atoms with Crippen molar-refractivity contribution in [3.63, 3.8) is 0 Å². The minimum Gasteiger partial charge on any atom is -0.436 e. The molecule has 1 aliphatic heterocycles. The van der Waals surface area contributed by atoms with Gasteiger partial charge in [0, 0.05) is 42.6 Å². The van der Waals surface area contributed by atoms with Crippen molar-refractivity contribution in [1.82, 2.24) is 24.6 Å². The van der Waals surface area contributed by atoms with E-state index in [0.29, 0.717) is 34.6 Å². The van der Waals surface area contributed by atoms with Gasteiger partial charge in [-0.3, -0.25) is 4.79 Å². The maximum atomic E-state index is 12.2. The summed E-state index contributed by atoms with van der Waals surface area (Å²) in [6, 6.07) is 11.3. The van der Waals surface area contributed by atoms with Crippen LogP contribution < -0.4 is 5.73 Å². The van der Waals surface area contributed by atoms with Crippen LogP contribution in [0.1, 0.15) is 37.4 Å². The smallest absolute Gasteiger partial charge is 0.230 e. The molecule has 33 heavy (non-hydrogen) atoms. The van der Waals surface area contributed by atoms with Crippen LogP contribution in [0.15, 0.2) is 65.6 Å². The second-order valence-electron chi connectivity index (χ2n) is 8.14. The lowest BCUT2D eigenvalue weighted by Gasteiger charge is -2.39. The lowest BCUT2D eigenvalue weighted by atomic mass is 9.88. The zero-order valence-electron chi connectivity index (χ0n) is 18.1. The Morgan fingerprint density at radius 2 is 2.09 bits per heavy atom. The monoisotopic (exact) mass is 462 g/mol. The average Bonchev–Trinajstić information content (AvgIpc) is 3.52. The number of aromatic nitrogens is 4. The molecule has 4 heterocycles. The molecule has 0 saturated carbocycles. The Labute approximate surface area is 196 Å². The number of amides is 1. The Morgan fingerprint density at radius 3 is 2.85 bits per heavy atom. The van der Waals surface area contributed by atoms with Crippen LogP contribution in [0.25, 0.3) is 22.8 Å². The number of nitrogens with two attached hydrogens (primary N) is 1. The molecule has 1 amide bonds. The number of piperidine rings is 1. The fourth-order valence-corrected chi connectivity index (χ4v) is 4.57. The van der Waals surface area contributed by atoms with E-state index in [0.717, 1.165) is 24.0 Å². The number of oxazole rings is 1. The van der Waals surface area contributed by atoms with Crippen molar-refractivity contribution in [3.05, 3.63) is 71.8 Å². The molecule has 0 bridgehead atoms. The molecule has 0 radical (unpaired) electrons. The van der Waals surface area contributed by atoms with Gasteiger partial charge in [0.1, 0.15) is 12.0 Å². The number of carbonyl (C=O) groups excluding carboxylic acids is 1. The highest BCUT2D eigenvalue weighted by atomic mass is 35.5. The quantitative estimate of drug-likeness (QED) is 0.469. The Kier molecular flexibility index (Phi) is 5.60. The summed E-state index contributed by atoms with van der Waals surface area (Å²) in [4.78, 5) is 22.9. The van der Waals surface area contributed by atoms with E-state index in [1.807, 2.05) is 52.2 Å². The zero-order chi connectivity index (χ0) is 22.9. The molecule has 2 unspecified atom stereocenters. The van der Waals surface area contributed by atoms with Gasteiger partial charge >= 0.3 is 0 Å². The highest BCUT2D eigenvalue weighted by Crippen LogP contribution is 2.38. The maximum absolute atomic E-state index is 12.2. The normalized spacial score (nSPS) is 18.4. The molecule has 0 aliphatic carbocycles. The summed E-state index contributed by atoms with van der Waals surface area (Å²) in [5, 5.41) is 4.99. The molecule has 2 atom stereocenters. The van der Waals surface area contributed by atoms with Gasteiger partial charge in [-0.25, -0.2) is 14.6 Å². The van der Waals surface area contributed by atoms with Crippen LogP contribution in [0.4, 0.5) is 5.82 Å². The van der Waals surface area contributed by atoms with Gasteiger partial charge in [0.25, 0.3) is 0 Å². The van der Waals surface area contributed by atoms with Gasteiger partial charge in [-0.15, -0.1) is 0 Å². The van der Waals surface area contributed by atoms with Crippen LogP contribution in [-0.2, 0) is 4.79 Å². The van der Waals surface area contributed by atoms with Crippen LogP contribution >= 0.6 is 11.6 Å². The van der Waals surface area contributed by atoms with E-state index in [2.05, 4.69) is 15.1 Å². The molecule has 1 aromatic carbocycles. The van der Waals surface area contributed by atoms with Crippen molar-refractivity contribution < 1.29 is 9.21 Å². The molecule has 1 aliphatic rings. The van der Waals surface area contributed by atoms with Gasteiger partial charge in [0.05, 0.1) is 11.8 Å². The molecule has 9 heteroatoms. The Morgan fingerprint density at radius 1 is 1.21 bits per heavy atom. The van der Waals surface area contributed by atoms with E-state index in [-0.39, 0.29) is 18.0 Å². The van der Waals surface area contributed by atoms with E-state index < -0.39 is 0 Å². The van der Waals surface area contributed by atoms with Gasteiger partial charge in [-0.05, 0) is 48.6 Å². The van der Waals surface area contributed by atoms with Crippen LogP contribution in [0.2, 0.25) is 5.02 Å². The van der Waals surface area contributed by atoms with E-state index in [9.17, 15) is 4.79 Å². The first-order valence-corrected chi connectivity index (χ1v) is 11.1. The van der Waals surface area contributed by atoms with E-state index in [1.54, 1.807) is 25.5 Å². The minimum absolute atomic E-state index is 0.0402. The van der Waals surface area contributed by atoms with E-state index >= 15 is 0 Å². The molecule has 1 fully saturated rings. The number of halogens is 1. The number of nitrogens with zero attached hydrogens (tertiary/aromatic N) is 5. The van der Waals surface area contributed by atoms with Crippen molar-refractivity contribution in [3.8, 4) is 22.8 Å². The number of rotatable bonds is 4. The summed E-state index contributed by atoms with van der Waals surface area (Å²) in [5.74, 6) is 1.58. The highest BCUT2D eigenvalue weighted by molar-refractivity contribution is 6.30. The Balaban J connectivity index is 1.44. The van der Waals surface area contributed by atoms with E-state index in [1.165, 1.54) is 0 Å². The highest BCUT2D eigenvalue weighted by Gasteiger charge is 2.32. The van der Waals surface area contributed by atoms with Gasteiger partial charge in [0.15, 0.2) is 5.76 Å². The lowest BCUT2D eigenvalue weighted by molar-refractivity contribution is -0.135. The fourth-order valence-electron chi connectivity index (χ4n) is 4.38. The largest absolute Gasteiger partial charge is 0.436 e. The summed E-state index contributed by atoms with van der Waals surface area (Å²) in [6.45, 7) is 2.24. The van der Waals surface area contributed by atoms with Crippen molar-refractivity contribution in [2.45, 2.75) is 31.8 Å². The molecular weight excluding hydrogens is 440 g/mol. The predicted octanol–water partition coefficient (Wildman–Crippen LogP) is 4.76. The molecular formula is C24H23ClN6O2. The minimum atomic E-state index is -0.145. The summed E-state index contributed by atoms with van der Waals surface area (Å²) >= 11 is 6.11. The lowest BCUT2D eigenvalue weighted by Crippen LogP contribution is -2.42. The van der Waals surface area contributed by atoms with Crippen LogP contribution in [0.3, 0.4) is 0 Å². The second-order valence-corrected chi connectivity index (χ2v) is 8.58. The molecule has 1 saturated heterocycles. The van der Waals surface area contributed by atoms with Crippen LogP contribution in [0.5, 0.6) is 0 Å². The predicted molar refractivity (Wildman–Crippen MR) is 125 cm³/mol. The number of pyridine rings is 1. The molecule has 8 nitrogen and oxygen atoms in total. The number of nitrogen functional groups attached to an aromatic ring is 1. The van der Waals surface area contributed by atoms with Crippen molar-refractivity contribution in [1.29, 1.82) is 0 Å². The number of hydrogen-bond acceptors (Lipinski definition) is 6. The summed E-state index contributed by atoms with van der Waals surface area (Å²) in [6.07, 6.45) is 8.48. The van der Waals surface area contributed by atoms with Gasteiger partial charge < -0.3 is 15.1 Å². The molecule has 4 aromatic rings. The summed E-state index contributed by atoms with van der Waals surface area (Å²) in [5.41, 5.74) is 8.70. The molecule has 0 spiro atoms. The maximum Gasteiger partial charge on any atom is 0.230 e. The van der Waals surface area contributed by atoms with Gasteiger partial charge in [-0.2, -0.15) is 5.10 Å². The average molecular weight is 463 g/mol. The van der Waals surface area contributed by atoms with Gasteiger partial charge in [-0.1, -0.05) is 23.7 Å². The van der Waals surface area contributed by atoms with Crippen molar-refractivity contribution in [2.24, 2.45) is 0 Å². The van der Waals surface area contributed by atoms with Crippen LogP contribution in [-0.4, -0.2) is 37.1 Å². The fraction of sp³-hybridized carbons (Fsp3) is 0.250. The molecule has 5 rings (SSSR count). The van der Waals surface area contributed by atoms with Crippen LogP contribution in [0, 0.1) is 0 Å². The number of anilines is 1. The molecule has 168 valence electrons. The number of carbonyl (C=O) groups is 1. The SMILES string of the molecule is CC(=O)N1CCC(c2cnc(N)c(-c3ncc(-c4cccc(Cl)c4)o3)c2)CC1n1cccn1. The third-order valence-electron chi connectivity index (χ3n) is 6.06.